The van der Waals surface area contributed by atoms with Crippen LogP contribution in [-0.2, 0) is 19.1 Å². The minimum atomic E-state index is -0.814. The molecule has 2 aromatic rings. The van der Waals surface area contributed by atoms with Gasteiger partial charge >= 0.3 is 18.0 Å². The second kappa shape index (κ2) is 11.6. The van der Waals surface area contributed by atoms with Gasteiger partial charge < -0.3 is 30.2 Å². The van der Waals surface area contributed by atoms with E-state index in [0.29, 0.717) is 0 Å². The average Bonchev–Trinajstić information content (AvgIpc) is 2.82. The predicted molar refractivity (Wildman–Crippen MR) is 122 cm³/mol. The molecule has 1 atom stereocenters. The van der Waals surface area contributed by atoms with E-state index in [-0.39, 0.29) is 34.9 Å². The molecule has 11 heteroatoms. The zero-order valence-corrected chi connectivity index (χ0v) is 19.1. The molecule has 184 valence electrons. The second-order valence-electron chi connectivity index (χ2n) is 7.32. The van der Waals surface area contributed by atoms with Crippen molar-refractivity contribution in [3.8, 4) is 5.75 Å². The van der Waals surface area contributed by atoms with E-state index in [1.807, 2.05) is 0 Å². The number of para-hydroxylation sites is 2. The van der Waals surface area contributed by atoms with Crippen LogP contribution < -0.4 is 20.7 Å². The lowest BCUT2D eigenvalue weighted by Crippen LogP contribution is -2.50. The molecule has 0 spiro atoms. The minimum absolute atomic E-state index is 0.00211. The number of hydrogen-bond donors (Lipinski definition) is 3. The number of ether oxygens (including phenoxy) is 3. The van der Waals surface area contributed by atoms with Crippen LogP contribution in [0.4, 0.5) is 14.9 Å². The van der Waals surface area contributed by atoms with E-state index in [0.717, 1.165) is 0 Å². The Bertz CT molecular complexity index is 1170. The largest absolute Gasteiger partial charge is 0.483 e. The Morgan fingerprint density at radius 1 is 1.03 bits per heavy atom. The highest BCUT2D eigenvalue weighted by atomic mass is 19.1. The maximum absolute atomic E-state index is 13.7. The van der Waals surface area contributed by atoms with Crippen molar-refractivity contribution in [3.05, 3.63) is 71.2 Å². The highest BCUT2D eigenvalue weighted by molar-refractivity contribution is 5.96. The van der Waals surface area contributed by atoms with Crippen molar-refractivity contribution in [3.63, 3.8) is 0 Å². The van der Waals surface area contributed by atoms with Crippen LogP contribution >= 0.6 is 0 Å². The number of rotatable bonds is 9. The number of benzene rings is 2. The molecule has 0 aromatic heterocycles. The number of carbonyl (C=O) groups excluding carboxylic acids is 4. The summed E-state index contributed by atoms with van der Waals surface area (Å²) < 4.78 is 29.5. The third-order valence-electron chi connectivity index (χ3n) is 4.83. The molecule has 3 amide bonds. The van der Waals surface area contributed by atoms with Crippen LogP contribution in [0.3, 0.4) is 0 Å². The molecule has 0 saturated carbocycles. The number of esters is 2. The zero-order chi connectivity index (χ0) is 25.4. The molecule has 10 nitrogen and oxygen atoms in total. The molecule has 3 N–H and O–H groups in total. The summed E-state index contributed by atoms with van der Waals surface area (Å²) >= 11 is 0. The first kappa shape index (κ1) is 25.2. The molecule has 1 heterocycles. The molecule has 3 rings (SSSR count). The van der Waals surface area contributed by atoms with Gasteiger partial charge in [-0.15, -0.1) is 0 Å². The van der Waals surface area contributed by atoms with Gasteiger partial charge in [-0.2, -0.15) is 0 Å². The van der Waals surface area contributed by atoms with Gasteiger partial charge in [0, 0.05) is 0 Å². The van der Waals surface area contributed by atoms with Gasteiger partial charge in [-0.05, 0) is 38.1 Å². The van der Waals surface area contributed by atoms with E-state index in [4.69, 9.17) is 14.2 Å². The molecule has 0 radical (unpaired) electrons. The SMILES string of the molecule is CCOC(=O)C1=C(COC(=O)c2ccccc2OCC(=O)Nc2ccccc2F)NC(=O)NC1C. The summed E-state index contributed by atoms with van der Waals surface area (Å²) in [6.07, 6.45) is 0. The molecule has 1 aliphatic rings. The predicted octanol–water partition coefficient (Wildman–Crippen LogP) is 2.52. The fraction of sp³-hybridized carbons (Fsp3) is 0.250. The monoisotopic (exact) mass is 485 g/mol. The number of halogens is 1. The fourth-order valence-corrected chi connectivity index (χ4v) is 3.26. The number of hydrogen-bond acceptors (Lipinski definition) is 7. The fourth-order valence-electron chi connectivity index (χ4n) is 3.26. The lowest BCUT2D eigenvalue weighted by Gasteiger charge is -2.26. The van der Waals surface area contributed by atoms with Crippen molar-refractivity contribution in [1.82, 2.24) is 10.6 Å². The van der Waals surface area contributed by atoms with Crippen molar-refractivity contribution in [2.24, 2.45) is 0 Å². The maximum Gasteiger partial charge on any atom is 0.342 e. The van der Waals surface area contributed by atoms with Gasteiger partial charge in [0.25, 0.3) is 5.91 Å². The number of carbonyl (C=O) groups is 4. The lowest BCUT2D eigenvalue weighted by atomic mass is 10.0. The first-order valence-electron chi connectivity index (χ1n) is 10.7. The van der Waals surface area contributed by atoms with Crippen LogP contribution in [0.2, 0.25) is 0 Å². The van der Waals surface area contributed by atoms with E-state index in [1.54, 1.807) is 32.0 Å². The van der Waals surface area contributed by atoms with E-state index in [9.17, 15) is 23.6 Å². The quantitative estimate of drug-likeness (QED) is 0.465. The second-order valence-corrected chi connectivity index (χ2v) is 7.32. The van der Waals surface area contributed by atoms with Gasteiger partial charge in [-0.25, -0.2) is 18.8 Å². The molecule has 2 aromatic carbocycles. The Hall–Kier alpha value is -4.41. The summed E-state index contributed by atoms with van der Waals surface area (Å²) in [5.41, 5.74) is 0.236. The summed E-state index contributed by atoms with van der Waals surface area (Å²) in [6, 6.07) is 10.5. The summed E-state index contributed by atoms with van der Waals surface area (Å²) in [5, 5.41) is 7.39. The van der Waals surface area contributed by atoms with Crippen LogP contribution in [0, 0.1) is 5.82 Å². The summed E-state index contributed by atoms with van der Waals surface area (Å²) in [5.74, 6) is -2.63. The molecule has 0 bridgehead atoms. The summed E-state index contributed by atoms with van der Waals surface area (Å²) in [4.78, 5) is 49.0. The topological polar surface area (TPSA) is 132 Å². The molecular formula is C24H24FN3O7. The Morgan fingerprint density at radius 3 is 2.49 bits per heavy atom. The van der Waals surface area contributed by atoms with E-state index >= 15 is 0 Å². The van der Waals surface area contributed by atoms with Gasteiger partial charge in [0.05, 0.1) is 29.6 Å². The van der Waals surface area contributed by atoms with Crippen LogP contribution in [0.15, 0.2) is 59.8 Å². The molecule has 0 fully saturated rings. The Balaban J connectivity index is 1.67. The number of anilines is 1. The Morgan fingerprint density at radius 2 is 1.74 bits per heavy atom. The van der Waals surface area contributed by atoms with Gasteiger partial charge in [-0.3, -0.25) is 4.79 Å². The zero-order valence-electron chi connectivity index (χ0n) is 19.1. The molecule has 1 unspecified atom stereocenters. The Kier molecular flexibility index (Phi) is 8.38. The minimum Gasteiger partial charge on any atom is -0.483 e. The van der Waals surface area contributed by atoms with Crippen molar-refractivity contribution in [1.29, 1.82) is 0 Å². The third-order valence-corrected chi connectivity index (χ3v) is 4.83. The Labute approximate surface area is 200 Å². The molecule has 0 saturated heterocycles. The van der Waals surface area contributed by atoms with E-state index in [2.05, 4.69) is 16.0 Å². The van der Waals surface area contributed by atoms with Crippen LogP contribution in [-0.4, -0.2) is 49.7 Å². The molecule has 35 heavy (non-hydrogen) atoms. The summed E-state index contributed by atoms with van der Waals surface area (Å²) in [6.45, 7) is 2.47. The standard InChI is InChI=1S/C24H24FN3O7/c1-3-33-23(31)21-14(2)26-24(32)28-18(21)12-35-22(30)15-8-4-7-11-19(15)34-13-20(29)27-17-10-6-5-9-16(17)25/h4-11,14H,3,12-13H2,1-2H3,(H,27,29)(H2,26,28,32). The molecule has 1 aliphatic heterocycles. The number of urea groups is 1. The van der Waals surface area contributed by atoms with E-state index < -0.39 is 48.9 Å². The molecule has 0 aliphatic carbocycles. The smallest absolute Gasteiger partial charge is 0.342 e. The number of nitrogens with one attached hydrogen (secondary N) is 3. The lowest BCUT2D eigenvalue weighted by molar-refractivity contribution is -0.139. The average molecular weight is 485 g/mol. The van der Waals surface area contributed by atoms with Gasteiger partial charge in [-0.1, -0.05) is 24.3 Å². The third kappa shape index (κ3) is 6.56. The van der Waals surface area contributed by atoms with Crippen molar-refractivity contribution < 1.29 is 37.8 Å². The van der Waals surface area contributed by atoms with Gasteiger partial charge in [0.1, 0.15) is 23.7 Å². The normalized spacial score (nSPS) is 14.9. The van der Waals surface area contributed by atoms with Crippen LogP contribution in [0.1, 0.15) is 24.2 Å². The summed E-state index contributed by atoms with van der Waals surface area (Å²) in [7, 11) is 0. The van der Waals surface area contributed by atoms with Gasteiger partial charge in [0.2, 0.25) is 0 Å². The molecular weight excluding hydrogens is 461 g/mol. The van der Waals surface area contributed by atoms with Crippen molar-refractivity contribution in [2.75, 3.05) is 25.1 Å². The first-order chi connectivity index (χ1) is 16.8. The van der Waals surface area contributed by atoms with Crippen LogP contribution in [0.25, 0.3) is 0 Å². The highest BCUT2D eigenvalue weighted by Gasteiger charge is 2.30. The maximum atomic E-state index is 13.7. The highest BCUT2D eigenvalue weighted by Crippen LogP contribution is 2.21. The number of amides is 3. The van der Waals surface area contributed by atoms with E-state index in [1.165, 1.54) is 30.3 Å². The van der Waals surface area contributed by atoms with Crippen molar-refractivity contribution in [2.45, 2.75) is 19.9 Å². The first-order valence-corrected chi connectivity index (χ1v) is 10.7. The van der Waals surface area contributed by atoms with Crippen LogP contribution in [0.5, 0.6) is 5.75 Å². The van der Waals surface area contributed by atoms with Gasteiger partial charge in [0.15, 0.2) is 6.61 Å². The van der Waals surface area contributed by atoms with Crippen molar-refractivity contribution >= 4 is 29.6 Å².